The van der Waals surface area contributed by atoms with Crippen molar-refractivity contribution in [3.05, 3.63) is 34.9 Å². The summed E-state index contributed by atoms with van der Waals surface area (Å²) in [6.07, 6.45) is 25.6. The molecule has 1 aliphatic carbocycles. The summed E-state index contributed by atoms with van der Waals surface area (Å²) in [4.78, 5) is 0. The third-order valence-corrected chi connectivity index (χ3v) is 7.48. The lowest BCUT2D eigenvalue weighted by Crippen LogP contribution is -2.15. The molecule has 1 fully saturated rings. The van der Waals surface area contributed by atoms with Gasteiger partial charge >= 0.3 is 0 Å². The van der Waals surface area contributed by atoms with Gasteiger partial charge in [-0.1, -0.05) is 122 Å². The fourth-order valence-electron chi connectivity index (χ4n) is 5.33. The van der Waals surface area contributed by atoms with E-state index in [1.807, 2.05) is 0 Å². The van der Waals surface area contributed by atoms with Crippen molar-refractivity contribution in [2.45, 2.75) is 136 Å². The predicted molar refractivity (Wildman–Crippen MR) is 131 cm³/mol. The predicted octanol–water partition coefficient (Wildman–Crippen LogP) is 9.61. The van der Waals surface area contributed by atoms with Gasteiger partial charge < -0.3 is 0 Å². The maximum Gasteiger partial charge on any atom is -0.0276 e. The van der Waals surface area contributed by atoms with Crippen LogP contribution in [-0.2, 0) is 12.8 Å². The highest BCUT2D eigenvalue weighted by Crippen LogP contribution is 2.34. The highest BCUT2D eigenvalue weighted by molar-refractivity contribution is 5.31. The van der Waals surface area contributed by atoms with Crippen LogP contribution < -0.4 is 0 Å². The smallest absolute Gasteiger partial charge is 0.0276 e. The fraction of sp³-hybridized carbons (Fsp3) is 0.793. The first-order valence-corrected chi connectivity index (χ1v) is 13.3. The Bertz CT molecular complexity index is 521. The minimum Gasteiger partial charge on any atom is -0.0654 e. The Hall–Kier alpha value is -0.780. The average molecular weight is 399 g/mol. The zero-order valence-electron chi connectivity index (χ0n) is 20.1. The summed E-state index contributed by atoms with van der Waals surface area (Å²) >= 11 is 0. The van der Waals surface area contributed by atoms with Crippen molar-refractivity contribution < 1.29 is 0 Å². The number of benzene rings is 1. The zero-order valence-corrected chi connectivity index (χ0v) is 20.1. The summed E-state index contributed by atoms with van der Waals surface area (Å²) in [5, 5.41) is 0. The second-order valence-corrected chi connectivity index (χ2v) is 10.1. The highest BCUT2D eigenvalue weighted by atomic mass is 14.3. The number of aryl methyl sites for hydroxylation is 3. The summed E-state index contributed by atoms with van der Waals surface area (Å²) in [7, 11) is 0. The first-order valence-electron chi connectivity index (χ1n) is 13.3. The molecule has 166 valence electrons. The van der Waals surface area contributed by atoms with Gasteiger partial charge in [-0.25, -0.2) is 0 Å². The molecule has 0 aliphatic heterocycles. The van der Waals surface area contributed by atoms with Crippen LogP contribution in [0, 0.1) is 18.8 Å². The Morgan fingerprint density at radius 2 is 1.24 bits per heavy atom. The first kappa shape index (κ1) is 24.5. The Labute approximate surface area is 183 Å². The standard InChI is InChI=1S/C29H50/c1-4-6-8-9-10-11-13-15-29-23-22-28(24-25(29)3)21-20-27-18-16-26(17-19-27)14-12-7-5-2/h22-24,26-27H,4-21H2,1-3H3. The molecule has 0 heteroatoms. The molecule has 0 unspecified atom stereocenters. The lowest BCUT2D eigenvalue weighted by molar-refractivity contribution is 0.249. The molecule has 1 aliphatic rings. The summed E-state index contributed by atoms with van der Waals surface area (Å²) in [5.74, 6) is 2.04. The van der Waals surface area contributed by atoms with Crippen LogP contribution in [0.5, 0.6) is 0 Å². The monoisotopic (exact) mass is 398 g/mol. The summed E-state index contributed by atoms with van der Waals surface area (Å²) < 4.78 is 0. The molecule has 1 saturated carbocycles. The zero-order chi connectivity index (χ0) is 20.7. The Morgan fingerprint density at radius 1 is 0.655 bits per heavy atom. The molecule has 1 aromatic rings. The van der Waals surface area contributed by atoms with Gasteiger partial charge in [-0.3, -0.25) is 0 Å². The van der Waals surface area contributed by atoms with E-state index >= 15 is 0 Å². The molecule has 0 radical (unpaired) electrons. The average Bonchev–Trinajstić information content (AvgIpc) is 2.74. The van der Waals surface area contributed by atoms with Crippen LogP contribution in [-0.4, -0.2) is 0 Å². The third-order valence-electron chi connectivity index (χ3n) is 7.48. The quantitative estimate of drug-likeness (QED) is 0.258. The molecule has 2 rings (SSSR count). The van der Waals surface area contributed by atoms with E-state index in [9.17, 15) is 0 Å². The van der Waals surface area contributed by atoms with Crippen molar-refractivity contribution in [3.63, 3.8) is 0 Å². The van der Waals surface area contributed by atoms with Crippen LogP contribution in [0.2, 0.25) is 0 Å². The molecule has 0 N–H and O–H groups in total. The minimum atomic E-state index is 0.991. The normalized spacial score (nSPS) is 19.6. The van der Waals surface area contributed by atoms with Crippen molar-refractivity contribution in [3.8, 4) is 0 Å². The molecule has 0 spiro atoms. The van der Waals surface area contributed by atoms with E-state index in [2.05, 4.69) is 39.0 Å². The van der Waals surface area contributed by atoms with E-state index in [-0.39, 0.29) is 0 Å². The van der Waals surface area contributed by atoms with E-state index in [0.717, 1.165) is 11.8 Å². The molecule has 0 aromatic heterocycles. The largest absolute Gasteiger partial charge is 0.0654 e. The number of hydrogen-bond donors (Lipinski definition) is 0. The van der Waals surface area contributed by atoms with E-state index in [1.165, 1.54) is 121 Å². The molecule has 1 aromatic carbocycles. The maximum atomic E-state index is 2.49. The van der Waals surface area contributed by atoms with Crippen LogP contribution >= 0.6 is 0 Å². The van der Waals surface area contributed by atoms with Gasteiger partial charge in [-0.2, -0.15) is 0 Å². The van der Waals surface area contributed by atoms with Crippen LogP contribution in [0.4, 0.5) is 0 Å². The van der Waals surface area contributed by atoms with Crippen molar-refractivity contribution in [1.82, 2.24) is 0 Å². The van der Waals surface area contributed by atoms with Crippen molar-refractivity contribution >= 4 is 0 Å². The summed E-state index contributed by atoms with van der Waals surface area (Å²) in [6.45, 7) is 6.95. The van der Waals surface area contributed by atoms with E-state index < -0.39 is 0 Å². The van der Waals surface area contributed by atoms with Gasteiger partial charge in [0, 0.05) is 0 Å². The minimum absolute atomic E-state index is 0.991. The van der Waals surface area contributed by atoms with Gasteiger partial charge in [-0.05, 0) is 61.1 Å². The van der Waals surface area contributed by atoms with Crippen LogP contribution in [0.1, 0.15) is 133 Å². The van der Waals surface area contributed by atoms with E-state index in [1.54, 1.807) is 11.1 Å². The van der Waals surface area contributed by atoms with Gasteiger partial charge in [0.1, 0.15) is 0 Å². The van der Waals surface area contributed by atoms with Crippen molar-refractivity contribution in [1.29, 1.82) is 0 Å². The number of rotatable bonds is 15. The molecule has 0 heterocycles. The molecule has 0 saturated heterocycles. The first-order chi connectivity index (χ1) is 14.2. The third kappa shape index (κ3) is 10.2. The second kappa shape index (κ2) is 15.1. The summed E-state index contributed by atoms with van der Waals surface area (Å²) in [6, 6.07) is 7.36. The second-order valence-electron chi connectivity index (χ2n) is 10.1. The van der Waals surface area contributed by atoms with Gasteiger partial charge in [0.25, 0.3) is 0 Å². The van der Waals surface area contributed by atoms with Gasteiger partial charge in [-0.15, -0.1) is 0 Å². The SMILES string of the molecule is CCCCCCCCCc1ccc(CCC2CCC(CCCCC)CC2)cc1C. The van der Waals surface area contributed by atoms with Crippen molar-refractivity contribution in [2.75, 3.05) is 0 Å². The molecule has 0 amide bonds. The Morgan fingerprint density at radius 3 is 1.90 bits per heavy atom. The lowest BCUT2D eigenvalue weighted by Gasteiger charge is -2.28. The highest BCUT2D eigenvalue weighted by Gasteiger charge is 2.20. The Balaban J connectivity index is 1.61. The molecular weight excluding hydrogens is 348 g/mol. The summed E-state index contributed by atoms with van der Waals surface area (Å²) in [5.41, 5.74) is 4.71. The van der Waals surface area contributed by atoms with Gasteiger partial charge in [0.05, 0.1) is 0 Å². The van der Waals surface area contributed by atoms with E-state index in [4.69, 9.17) is 0 Å². The number of hydrogen-bond acceptors (Lipinski definition) is 0. The molecule has 0 atom stereocenters. The molecule has 0 bridgehead atoms. The molecular formula is C29H50. The van der Waals surface area contributed by atoms with Crippen LogP contribution in [0.25, 0.3) is 0 Å². The van der Waals surface area contributed by atoms with Crippen LogP contribution in [0.3, 0.4) is 0 Å². The fourth-order valence-corrected chi connectivity index (χ4v) is 5.33. The van der Waals surface area contributed by atoms with Gasteiger partial charge in [0.2, 0.25) is 0 Å². The lowest BCUT2D eigenvalue weighted by atomic mass is 9.77. The van der Waals surface area contributed by atoms with Crippen molar-refractivity contribution in [2.24, 2.45) is 11.8 Å². The van der Waals surface area contributed by atoms with E-state index in [0.29, 0.717) is 0 Å². The topological polar surface area (TPSA) is 0 Å². The maximum absolute atomic E-state index is 2.49. The molecule has 0 nitrogen and oxygen atoms in total. The number of unbranched alkanes of at least 4 members (excludes halogenated alkanes) is 8. The Kier molecular flexibility index (Phi) is 12.7. The van der Waals surface area contributed by atoms with Crippen LogP contribution in [0.15, 0.2) is 18.2 Å². The van der Waals surface area contributed by atoms with Gasteiger partial charge in [0.15, 0.2) is 0 Å². The molecule has 29 heavy (non-hydrogen) atoms.